The Hall–Kier alpha value is -2.96. The molecule has 30 heavy (non-hydrogen) atoms. The van der Waals surface area contributed by atoms with Crippen LogP contribution in [0.25, 0.3) is 11.1 Å². The second-order valence-corrected chi connectivity index (χ2v) is 8.03. The number of hydrogen-bond donors (Lipinski definition) is 4. The molecule has 0 radical (unpaired) electrons. The molecule has 3 aromatic rings. The minimum atomic E-state index is -0.280. The summed E-state index contributed by atoms with van der Waals surface area (Å²) in [6.07, 6.45) is 2.67. The number of rotatable bonds is 6. The number of H-pyrrole nitrogens is 1. The van der Waals surface area contributed by atoms with Crippen LogP contribution in [0.1, 0.15) is 25.0 Å². The average molecular weight is 407 g/mol. The van der Waals surface area contributed by atoms with E-state index in [-0.39, 0.29) is 11.4 Å². The van der Waals surface area contributed by atoms with Crippen LogP contribution in [0, 0.1) is 11.7 Å². The number of nitrogens with one attached hydrogen (secondary N) is 4. The zero-order valence-electron chi connectivity index (χ0n) is 17.2. The maximum absolute atomic E-state index is 13.2. The molecule has 0 amide bonds. The van der Waals surface area contributed by atoms with Gasteiger partial charge in [0.05, 0.1) is 0 Å². The molecule has 0 bridgehead atoms. The molecule has 0 saturated carbocycles. The smallest absolute Gasteiger partial charge is 0.252 e. The molecule has 1 aliphatic rings. The predicted molar refractivity (Wildman–Crippen MR) is 119 cm³/mol. The first-order valence-electron chi connectivity index (χ1n) is 10.3. The van der Waals surface area contributed by atoms with E-state index in [1.54, 1.807) is 18.3 Å². The number of benzene rings is 2. The molecule has 4 rings (SSSR count). The van der Waals surface area contributed by atoms with Crippen molar-refractivity contribution in [2.45, 2.75) is 38.9 Å². The zero-order chi connectivity index (χ0) is 21.1. The van der Waals surface area contributed by atoms with Crippen LogP contribution in [0.2, 0.25) is 0 Å². The van der Waals surface area contributed by atoms with Crippen LogP contribution in [-0.4, -0.2) is 17.1 Å². The lowest BCUT2D eigenvalue weighted by atomic mass is 9.89. The van der Waals surface area contributed by atoms with E-state index in [1.165, 1.54) is 17.7 Å². The number of aromatic nitrogens is 1. The second-order valence-electron chi connectivity index (χ2n) is 8.03. The van der Waals surface area contributed by atoms with E-state index in [9.17, 15) is 9.18 Å². The minimum absolute atomic E-state index is 0.130. The maximum atomic E-state index is 13.2. The van der Waals surface area contributed by atoms with Gasteiger partial charge in [-0.05, 0) is 73.2 Å². The highest BCUT2D eigenvalue weighted by atomic mass is 19.1. The van der Waals surface area contributed by atoms with Crippen LogP contribution in [-0.2, 0) is 13.0 Å². The molecule has 1 aliphatic heterocycles. The van der Waals surface area contributed by atoms with Gasteiger partial charge < -0.3 is 10.3 Å². The molecule has 2 unspecified atom stereocenters. The number of pyridine rings is 1. The third kappa shape index (κ3) is 4.61. The maximum Gasteiger partial charge on any atom is 0.252 e. The van der Waals surface area contributed by atoms with Crippen molar-refractivity contribution in [2.75, 3.05) is 5.32 Å². The quantitative estimate of drug-likeness (QED) is 0.502. The number of anilines is 1. The van der Waals surface area contributed by atoms with Gasteiger partial charge in [-0.2, -0.15) is 0 Å². The van der Waals surface area contributed by atoms with Gasteiger partial charge in [-0.15, -0.1) is 0 Å². The van der Waals surface area contributed by atoms with Gasteiger partial charge in [-0.1, -0.05) is 24.3 Å². The van der Waals surface area contributed by atoms with Crippen molar-refractivity contribution in [2.24, 2.45) is 5.92 Å². The first-order valence-corrected chi connectivity index (χ1v) is 10.3. The largest absolute Gasteiger partial charge is 0.381 e. The molecular weight excluding hydrogens is 379 g/mol. The topological polar surface area (TPSA) is 68.9 Å². The van der Waals surface area contributed by atoms with Crippen LogP contribution in [0.15, 0.2) is 65.6 Å². The molecule has 2 atom stereocenters. The number of halogens is 1. The predicted octanol–water partition coefficient (Wildman–Crippen LogP) is 3.84. The standard InChI is InChI=1S/C24H27FN4O/c1-15-23(16(2)29-28-15)11-17-3-9-22(10-4-17)26-14-20-12-19(13-27-24(20)30)18-5-7-21(25)8-6-18/h3-10,12-13,15-16,23,26,28-29H,11,14H2,1-2H3,(H,27,30). The Morgan fingerprint density at radius 1 is 0.933 bits per heavy atom. The van der Waals surface area contributed by atoms with Gasteiger partial charge in [-0.3, -0.25) is 15.6 Å². The van der Waals surface area contributed by atoms with E-state index in [4.69, 9.17) is 0 Å². The summed E-state index contributed by atoms with van der Waals surface area (Å²) >= 11 is 0. The number of aromatic amines is 1. The Balaban J connectivity index is 1.41. The van der Waals surface area contributed by atoms with Crippen molar-refractivity contribution in [1.82, 2.24) is 15.8 Å². The number of hydrazine groups is 1. The summed E-state index contributed by atoms with van der Waals surface area (Å²) in [6, 6.07) is 17.4. The summed E-state index contributed by atoms with van der Waals surface area (Å²) in [4.78, 5) is 15.0. The molecule has 156 valence electrons. The Bertz CT molecular complexity index is 1040. The van der Waals surface area contributed by atoms with Crippen molar-refractivity contribution < 1.29 is 4.39 Å². The zero-order valence-corrected chi connectivity index (χ0v) is 17.2. The van der Waals surface area contributed by atoms with Gasteiger partial charge in [-0.25, -0.2) is 4.39 Å². The van der Waals surface area contributed by atoms with Gasteiger partial charge in [0.15, 0.2) is 0 Å². The summed E-state index contributed by atoms with van der Waals surface area (Å²) in [5, 5.41) is 3.32. The van der Waals surface area contributed by atoms with E-state index in [0.29, 0.717) is 30.1 Å². The molecule has 6 heteroatoms. The van der Waals surface area contributed by atoms with E-state index < -0.39 is 0 Å². The first-order chi connectivity index (χ1) is 14.5. The molecule has 0 spiro atoms. The molecule has 1 fully saturated rings. The Morgan fingerprint density at radius 3 is 2.27 bits per heavy atom. The fourth-order valence-corrected chi connectivity index (χ4v) is 3.96. The monoisotopic (exact) mass is 406 g/mol. The first kappa shape index (κ1) is 20.3. The highest BCUT2D eigenvalue weighted by Gasteiger charge is 2.29. The van der Waals surface area contributed by atoms with Crippen molar-refractivity contribution in [3.05, 3.63) is 88.1 Å². The van der Waals surface area contributed by atoms with Crippen LogP contribution >= 0.6 is 0 Å². The summed E-state index contributed by atoms with van der Waals surface area (Å²) < 4.78 is 13.2. The summed E-state index contributed by atoms with van der Waals surface area (Å²) in [5.74, 6) is 0.273. The fraction of sp³-hybridized carbons (Fsp3) is 0.292. The van der Waals surface area contributed by atoms with Crippen molar-refractivity contribution >= 4 is 5.69 Å². The molecule has 0 aliphatic carbocycles. The third-order valence-corrected chi connectivity index (χ3v) is 5.89. The summed E-state index contributed by atoms with van der Waals surface area (Å²) in [6.45, 7) is 4.82. The molecule has 1 saturated heterocycles. The van der Waals surface area contributed by atoms with Gasteiger partial charge in [0, 0.05) is 36.1 Å². The lowest BCUT2D eigenvalue weighted by Crippen LogP contribution is -2.30. The van der Waals surface area contributed by atoms with Crippen LogP contribution in [0.4, 0.5) is 10.1 Å². The molecule has 2 heterocycles. The molecular formula is C24H27FN4O. The van der Waals surface area contributed by atoms with E-state index in [2.05, 4.69) is 59.3 Å². The van der Waals surface area contributed by atoms with Gasteiger partial charge in [0.2, 0.25) is 0 Å². The summed E-state index contributed by atoms with van der Waals surface area (Å²) in [7, 11) is 0. The highest BCUT2D eigenvalue weighted by molar-refractivity contribution is 5.63. The fourth-order valence-electron chi connectivity index (χ4n) is 3.96. The van der Waals surface area contributed by atoms with Crippen LogP contribution in [0.3, 0.4) is 0 Å². The second kappa shape index (κ2) is 8.81. The van der Waals surface area contributed by atoms with E-state index >= 15 is 0 Å². The summed E-state index contributed by atoms with van der Waals surface area (Å²) in [5.41, 5.74) is 11.1. The van der Waals surface area contributed by atoms with Crippen molar-refractivity contribution in [3.63, 3.8) is 0 Å². The van der Waals surface area contributed by atoms with Crippen molar-refractivity contribution in [3.8, 4) is 11.1 Å². The van der Waals surface area contributed by atoms with E-state index in [0.717, 1.165) is 23.2 Å². The lowest BCUT2D eigenvalue weighted by molar-refractivity contribution is 0.442. The van der Waals surface area contributed by atoms with E-state index in [1.807, 2.05) is 6.07 Å². The van der Waals surface area contributed by atoms with Crippen LogP contribution in [0.5, 0.6) is 0 Å². The molecule has 1 aromatic heterocycles. The van der Waals surface area contributed by atoms with Crippen LogP contribution < -0.4 is 21.7 Å². The Kier molecular flexibility index (Phi) is 5.97. The lowest BCUT2D eigenvalue weighted by Gasteiger charge is -2.18. The van der Waals surface area contributed by atoms with Crippen molar-refractivity contribution in [1.29, 1.82) is 0 Å². The molecule has 5 nitrogen and oxygen atoms in total. The normalized spacial score (nSPS) is 21.0. The Labute approximate surface area is 175 Å². The molecule has 2 aromatic carbocycles. The van der Waals surface area contributed by atoms with Gasteiger partial charge >= 0.3 is 0 Å². The SMILES string of the molecule is CC1NNC(C)C1Cc1ccc(NCc2cc(-c3ccc(F)cc3)c[nH]c2=O)cc1. The minimum Gasteiger partial charge on any atom is -0.381 e. The third-order valence-electron chi connectivity index (χ3n) is 5.89. The molecule has 4 N–H and O–H groups in total. The average Bonchev–Trinajstić information content (AvgIpc) is 3.07. The van der Waals surface area contributed by atoms with Gasteiger partial charge in [0.25, 0.3) is 5.56 Å². The Morgan fingerprint density at radius 2 is 1.60 bits per heavy atom. The van der Waals surface area contributed by atoms with Gasteiger partial charge in [0.1, 0.15) is 5.82 Å². The number of hydrogen-bond acceptors (Lipinski definition) is 4. The highest BCUT2D eigenvalue weighted by Crippen LogP contribution is 2.22.